The largest absolute Gasteiger partial charge is 0.477 e. The lowest BCUT2D eigenvalue weighted by atomic mass is 9.88. The molecule has 21 atom stereocenters. The fraction of sp³-hybridized carbons (Fsp3) is 0.903. The maximum Gasteiger partial charge on any atom is 0.364 e. The Morgan fingerprint density at radius 3 is 1.86 bits per heavy atom. The van der Waals surface area contributed by atoms with Gasteiger partial charge in [-0.3, -0.25) is 9.59 Å². The van der Waals surface area contributed by atoms with Crippen molar-refractivity contribution < 1.29 is 114 Å². The van der Waals surface area contributed by atoms with Crippen LogP contribution in [0.3, 0.4) is 0 Å². The molecule has 0 bridgehead atoms. The zero-order valence-corrected chi connectivity index (χ0v) is 30.3. The first-order valence-electron chi connectivity index (χ1n) is 17.6. The van der Waals surface area contributed by atoms with Crippen LogP contribution in [0.4, 0.5) is 0 Å². The van der Waals surface area contributed by atoms with E-state index < -0.39 is 172 Å². The van der Waals surface area contributed by atoms with Gasteiger partial charge in [0.25, 0.3) is 5.79 Å². The molecule has 4 aliphatic heterocycles. The SMILES string of the molecule is CC(=O)N[C@@H]1[C@@H](O[C@@H]2O[C@H](CO)[C@H](O)[C@H](O[C@@]3(C(=O)O)C[C@H](O)[C@@H](NC(C)=O)[C@H]([C@@H](O)[C@@H](O)CO)O3)[C@H]2O)[C@H](O[C@H]2O[C@H](C)[C@H](O)[C@H](O)[C@H]2O)[C@@H](CO)O[C@H]1O. The first-order chi connectivity index (χ1) is 26.2. The van der Waals surface area contributed by atoms with Gasteiger partial charge in [-0.05, 0) is 6.92 Å². The molecule has 25 heteroatoms. The molecule has 15 N–H and O–H groups in total. The molecular weight excluding hydrogens is 768 g/mol. The van der Waals surface area contributed by atoms with Crippen LogP contribution in [-0.2, 0) is 47.5 Å². The summed E-state index contributed by atoms with van der Waals surface area (Å²) in [5, 5.41) is 142. The summed E-state index contributed by atoms with van der Waals surface area (Å²) in [6.45, 7) is 0.296. The summed E-state index contributed by atoms with van der Waals surface area (Å²) in [5.74, 6) is -6.72. The predicted octanol–water partition coefficient (Wildman–Crippen LogP) is -9.23. The maximum absolute atomic E-state index is 12.9. The summed E-state index contributed by atoms with van der Waals surface area (Å²) in [6, 6.07) is -3.27. The average molecular weight is 821 g/mol. The molecule has 0 spiro atoms. The van der Waals surface area contributed by atoms with Crippen LogP contribution in [0.15, 0.2) is 0 Å². The number of carbonyl (C=O) groups is 3. The van der Waals surface area contributed by atoms with Crippen LogP contribution in [0, 0.1) is 0 Å². The van der Waals surface area contributed by atoms with Gasteiger partial charge in [-0.2, -0.15) is 0 Å². The highest BCUT2D eigenvalue weighted by Gasteiger charge is 2.60. The van der Waals surface area contributed by atoms with Crippen LogP contribution >= 0.6 is 0 Å². The molecule has 4 rings (SSSR count). The van der Waals surface area contributed by atoms with Gasteiger partial charge in [-0.25, -0.2) is 4.79 Å². The molecule has 0 aromatic carbocycles. The Balaban J connectivity index is 1.72. The number of ether oxygens (including phenoxy) is 7. The van der Waals surface area contributed by atoms with Gasteiger partial charge in [-0.15, -0.1) is 0 Å². The monoisotopic (exact) mass is 820 g/mol. The van der Waals surface area contributed by atoms with Crippen molar-refractivity contribution in [3.63, 3.8) is 0 Å². The average Bonchev–Trinajstić information content (AvgIpc) is 3.14. The molecule has 0 aliphatic carbocycles. The second kappa shape index (κ2) is 19.1. The van der Waals surface area contributed by atoms with Crippen molar-refractivity contribution in [1.29, 1.82) is 0 Å². The van der Waals surface area contributed by atoms with Crippen LogP contribution < -0.4 is 10.6 Å². The molecule has 0 aromatic heterocycles. The van der Waals surface area contributed by atoms with E-state index in [4.69, 9.17) is 33.2 Å². The topological polar surface area (TPSA) is 403 Å². The van der Waals surface area contributed by atoms with Gasteiger partial charge in [0.05, 0.1) is 38.1 Å². The third-order valence-electron chi connectivity index (χ3n) is 9.94. The summed E-state index contributed by atoms with van der Waals surface area (Å²) in [4.78, 5) is 37.0. The van der Waals surface area contributed by atoms with E-state index in [1.54, 1.807) is 0 Å². The highest BCUT2D eigenvalue weighted by atomic mass is 16.8. The molecule has 4 saturated heterocycles. The van der Waals surface area contributed by atoms with Gasteiger partial charge in [0, 0.05) is 20.3 Å². The van der Waals surface area contributed by atoms with Gasteiger partial charge in [0.15, 0.2) is 18.9 Å². The molecule has 4 heterocycles. The van der Waals surface area contributed by atoms with E-state index in [1.165, 1.54) is 6.92 Å². The summed E-state index contributed by atoms with van der Waals surface area (Å²) >= 11 is 0. The maximum atomic E-state index is 12.9. The molecule has 0 aromatic rings. The number of hydrogen-bond acceptors (Lipinski definition) is 22. The Morgan fingerprint density at radius 2 is 1.30 bits per heavy atom. The number of carbonyl (C=O) groups excluding carboxylic acids is 2. The van der Waals surface area contributed by atoms with E-state index >= 15 is 0 Å². The molecule has 4 fully saturated rings. The molecule has 56 heavy (non-hydrogen) atoms. The minimum absolute atomic E-state index is 0.785. The van der Waals surface area contributed by atoms with E-state index in [2.05, 4.69) is 10.6 Å². The van der Waals surface area contributed by atoms with Crippen LogP contribution in [0.1, 0.15) is 27.2 Å². The fourth-order valence-corrected chi connectivity index (χ4v) is 6.99. The Morgan fingerprint density at radius 1 is 0.732 bits per heavy atom. The van der Waals surface area contributed by atoms with Crippen LogP contribution in [0.25, 0.3) is 0 Å². The zero-order chi connectivity index (χ0) is 42.0. The zero-order valence-electron chi connectivity index (χ0n) is 30.3. The third kappa shape index (κ3) is 9.74. The van der Waals surface area contributed by atoms with Gasteiger partial charge in [-0.1, -0.05) is 0 Å². The Bertz CT molecular complexity index is 1330. The van der Waals surface area contributed by atoms with Crippen molar-refractivity contribution >= 4 is 17.8 Å². The number of carboxylic acids is 1. The van der Waals surface area contributed by atoms with Gasteiger partial charge in [0.1, 0.15) is 85.4 Å². The Hall–Kier alpha value is -2.35. The number of hydrogen-bond donors (Lipinski definition) is 15. The summed E-state index contributed by atoms with van der Waals surface area (Å²) in [5.41, 5.74) is 0. The fourth-order valence-electron chi connectivity index (χ4n) is 6.99. The number of rotatable bonds is 14. The van der Waals surface area contributed by atoms with E-state index in [9.17, 15) is 80.8 Å². The number of amides is 2. The lowest BCUT2D eigenvalue weighted by Gasteiger charge is -2.51. The third-order valence-corrected chi connectivity index (χ3v) is 9.94. The van der Waals surface area contributed by atoms with Crippen molar-refractivity contribution in [2.75, 3.05) is 19.8 Å². The molecule has 0 radical (unpaired) electrons. The number of nitrogens with one attached hydrogen (secondary N) is 2. The molecule has 0 unspecified atom stereocenters. The second-order valence-electron chi connectivity index (χ2n) is 14.0. The van der Waals surface area contributed by atoms with Crippen molar-refractivity contribution in [1.82, 2.24) is 10.6 Å². The highest BCUT2D eigenvalue weighted by Crippen LogP contribution is 2.39. The second-order valence-corrected chi connectivity index (χ2v) is 14.0. The van der Waals surface area contributed by atoms with Crippen LogP contribution in [0.2, 0.25) is 0 Å². The first-order valence-corrected chi connectivity index (χ1v) is 17.6. The highest BCUT2D eigenvalue weighted by molar-refractivity contribution is 5.76. The predicted molar refractivity (Wildman–Crippen MR) is 173 cm³/mol. The standard InChI is InChI=1S/C31H52N2O23/c1-8-17(41)20(44)21(45)28(50-8)53-23-14(7-36)51-27(47)16(33-10(3)38)25(23)54-29-22(46)26(19(43)13(6-35)52-29)56-31(30(48)49)4-11(39)15(32-9(2)37)24(55-31)18(42)12(40)5-34/h8,11-29,34-36,39-47H,4-7H2,1-3H3,(H,32,37)(H,33,38)(H,48,49)/t8-,11+,12+,13-,14-,15-,16-,17+,18+,19+,20+,21-,22-,23-,24-,25-,26+,27-,28-,29+,31-/m1/s1. The first kappa shape index (κ1) is 46.3. The summed E-state index contributed by atoms with van der Waals surface area (Å²) < 4.78 is 39.7. The lowest BCUT2D eigenvalue weighted by molar-refractivity contribution is -0.389. The molecule has 2 amide bonds. The van der Waals surface area contributed by atoms with Gasteiger partial charge in [0.2, 0.25) is 11.8 Å². The number of aliphatic hydroxyl groups excluding tert-OH is 12. The van der Waals surface area contributed by atoms with Crippen molar-refractivity contribution in [3.05, 3.63) is 0 Å². The lowest BCUT2D eigenvalue weighted by Crippen LogP contribution is -2.71. The summed E-state index contributed by atoms with van der Waals surface area (Å²) in [6.07, 6.45) is -35.2. The minimum Gasteiger partial charge on any atom is -0.477 e. The normalized spacial score (nSPS) is 45.7. The molecule has 324 valence electrons. The minimum atomic E-state index is -3.12. The van der Waals surface area contributed by atoms with Gasteiger partial charge < -0.3 is 110 Å². The van der Waals surface area contributed by atoms with E-state index in [0.717, 1.165) is 13.8 Å². The van der Waals surface area contributed by atoms with E-state index in [1.807, 2.05) is 0 Å². The van der Waals surface area contributed by atoms with E-state index in [-0.39, 0.29) is 0 Å². The van der Waals surface area contributed by atoms with Crippen LogP contribution in [0.5, 0.6) is 0 Å². The van der Waals surface area contributed by atoms with Crippen LogP contribution in [-0.4, -0.2) is 232 Å². The smallest absolute Gasteiger partial charge is 0.364 e. The number of aliphatic hydroxyl groups is 12. The molecule has 4 aliphatic rings. The molecular formula is C31H52N2O23. The van der Waals surface area contributed by atoms with Crippen molar-refractivity contribution in [2.45, 2.75) is 155 Å². The molecule has 25 nitrogen and oxygen atoms in total. The summed E-state index contributed by atoms with van der Waals surface area (Å²) in [7, 11) is 0. The van der Waals surface area contributed by atoms with Gasteiger partial charge >= 0.3 is 5.97 Å². The molecule has 0 saturated carbocycles. The van der Waals surface area contributed by atoms with E-state index in [0.29, 0.717) is 0 Å². The number of carboxylic acid groups (broad SMARTS) is 1. The van der Waals surface area contributed by atoms with Crippen molar-refractivity contribution in [3.8, 4) is 0 Å². The van der Waals surface area contributed by atoms with Crippen molar-refractivity contribution in [2.24, 2.45) is 0 Å². The Kier molecular flexibility index (Phi) is 15.8. The quantitative estimate of drug-likeness (QED) is 0.0773. The Labute approximate surface area is 317 Å². The number of aliphatic carboxylic acids is 1.